The Kier molecular flexibility index (Phi) is 3.54. The van der Waals surface area contributed by atoms with Gasteiger partial charge in [0, 0.05) is 4.91 Å². The Morgan fingerprint density at radius 1 is 1.50 bits per heavy atom. The zero-order valence-corrected chi connectivity index (χ0v) is 11.4. The molecule has 2 N–H and O–H groups in total. The molecule has 0 unspecified atom stereocenters. The second-order valence-electron chi connectivity index (χ2n) is 4.46. The van der Waals surface area contributed by atoms with Crippen LogP contribution in [-0.2, 0) is 9.53 Å². The van der Waals surface area contributed by atoms with Crippen LogP contribution in [-0.4, -0.2) is 54.0 Å². The van der Waals surface area contributed by atoms with Crippen LogP contribution in [0.1, 0.15) is 6.23 Å². The lowest BCUT2D eigenvalue weighted by molar-refractivity contribution is -0.152. The van der Waals surface area contributed by atoms with E-state index in [0.29, 0.717) is 0 Å². The highest BCUT2D eigenvalue weighted by Gasteiger charge is 2.48. The van der Waals surface area contributed by atoms with Gasteiger partial charge in [-0.3, -0.25) is 4.57 Å². The summed E-state index contributed by atoms with van der Waals surface area (Å²) < 4.78 is 6.61. The average Bonchev–Trinajstić information content (AvgIpc) is 3.03. The molecular weight excluding hydrogens is 318 g/mol. The van der Waals surface area contributed by atoms with Gasteiger partial charge in [0.15, 0.2) is 23.1 Å². The van der Waals surface area contributed by atoms with E-state index in [1.165, 1.54) is 17.2 Å². The molecule has 1 fully saturated rings. The quantitative estimate of drug-likeness (QED) is 0.359. The number of aromatic nitrogens is 4. The van der Waals surface area contributed by atoms with E-state index in [9.17, 15) is 9.90 Å². The molecule has 0 bridgehead atoms. The van der Waals surface area contributed by atoms with Crippen LogP contribution in [0.4, 0.5) is 0 Å². The molecule has 0 aromatic carbocycles. The van der Waals surface area contributed by atoms with Gasteiger partial charge in [-0.2, -0.15) is 0 Å². The third-order valence-electron chi connectivity index (χ3n) is 3.25. The molecule has 0 amide bonds. The minimum atomic E-state index is -1.48. The number of aliphatic hydroxyl groups excluding tert-OH is 1. The van der Waals surface area contributed by atoms with Gasteiger partial charge < -0.3 is 14.9 Å². The Labute approximate surface area is 126 Å². The number of rotatable bonds is 3. The lowest BCUT2D eigenvalue weighted by atomic mass is 10.1. The molecule has 22 heavy (non-hydrogen) atoms. The van der Waals surface area contributed by atoms with Gasteiger partial charge in [-0.05, 0) is 5.53 Å². The molecule has 1 saturated heterocycles. The fourth-order valence-corrected chi connectivity index (χ4v) is 2.47. The number of hydrogen-bond donors (Lipinski definition) is 2. The summed E-state index contributed by atoms with van der Waals surface area (Å²) in [6.07, 6.45) is -1.51. The molecule has 3 heterocycles. The molecule has 0 aliphatic carbocycles. The second-order valence-corrected chi connectivity index (χ2v) is 4.82. The number of aliphatic carboxylic acids is 1. The Morgan fingerprint density at radius 3 is 2.95 bits per heavy atom. The molecule has 4 atom stereocenters. The second kappa shape index (κ2) is 5.39. The fourth-order valence-electron chi connectivity index (χ4n) is 2.29. The molecular formula is C10H8ClN7O4. The Morgan fingerprint density at radius 2 is 2.27 bits per heavy atom. The number of carboxylic acid groups (broad SMARTS) is 1. The number of aliphatic hydroxyl groups is 1. The first-order chi connectivity index (χ1) is 10.5. The van der Waals surface area contributed by atoms with Crippen LogP contribution >= 0.6 is 11.6 Å². The van der Waals surface area contributed by atoms with Crippen LogP contribution in [0.5, 0.6) is 0 Å². The average molecular weight is 326 g/mol. The number of nitrogens with zero attached hydrogens (tertiary/aromatic N) is 7. The smallest absolute Gasteiger partial charge is 0.333 e. The van der Waals surface area contributed by atoms with Gasteiger partial charge in [0.1, 0.15) is 24.0 Å². The highest BCUT2D eigenvalue weighted by Crippen LogP contribution is 2.34. The lowest BCUT2D eigenvalue weighted by Gasteiger charge is -2.16. The fraction of sp³-hybridized carbons (Fsp3) is 0.400. The van der Waals surface area contributed by atoms with Crippen molar-refractivity contribution >= 4 is 28.7 Å². The molecule has 0 saturated carbocycles. The van der Waals surface area contributed by atoms with Gasteiger partial charge in [-0.15, -0.1) is 0 Å². The number of carboxylic acids is 1. The Hall–Kier alpha value is -2.46. The van der Waals surface area contributed by atoms with Crippen LogP contribution in [0.2, 0.25) is 5.15 Å². The monoisotopic (exact) mass is 325 g/mol. The van der Waals surface area contributed by atoms with Crippen LogP contribution in [0, 0.1) is 0 Å². The van der Waals surface area contributed by atoms with E-state index in [4.69, 9.17) is 27.0 Å². The van der Waals surface area contributed by atoms with E-state index in [-0.39, 0.29) is 16.3 Å². The maximum absolute atomic E-state index is 11.2. The van der Waals surface area contributed by atoms with E-state index in [1.54, 1.807) is 0 Å². The third-order valence-corrected chi connectivity index (χ3v) is 3.53. The summed E-state index contributed by atoms with van der Waals surface area (Å²) in [4.78, 5) is 25.5. The first kappa shape index (κ1) is 14.5. The van der Waals surface area contributed by atoms with Gasteiger partial charge in [0.05, 0.1) is 6.33 Å². The van der Waals surface area contributed by atoms with Crippen molar-refractivity contribution in [1.29, 1.82) is 0 Å². The minimum Gasteiger partial charge on any atom is -0.479 e. The van der Waals surface area contributed by atoms with Gasteiger partial charge >= 0.3 is 5.97 Å². The minimum absolute atomic E-state index is 0.109. The zero-order chi connectivity index (χ0) is 15.9. The van der Waals surface area contributed by atoms with E-state index in [1.807, 2.05) is 0 Å². The topological polar surface area (TPSA) is 159 Å². The number of imidazole rings is 1. The molecule has 2 aromatic heterocycles. The van der Waals surface area contributed by atoms with Crippen molar-refractivity contribution in [3.8, 4) is 0 Å². The first-order valence-corrected chi connectivity index (χ1v) is 6.36. The maximum atomic E-state index is 11.2. The maximum Gasteiger partial charge on any atom is 0.333 e. The van der Waals surface area contributed by atoms with Crippen LogP contribution in [0.3, 0.4) is 0 Å². The molecule has 114 valence electrons. The Balaban J connectivity index is 2.05. The van der Waals surface area contributed by atoms with Crippen LogP contribution in [0.15, 0.2) is 17.8 Å². The highest BCUT2D eigenvalue weighted by atomic mass is 35.5. The molecule has 2 aromatic rings. The molecule has 1 aliphatic heterocycles. The number of hydrogen-bond acceptors (Lipinski definition) is 7. The summed E-state index contributed by atoms with van der Waals surface area (Å²) in [6, 6.07) is -1.28. The summed E-state index contributed by atoms with van der Waals surface area (Å²) in [6.45, 7) is 0. The molecule has 1 aliphatic rings. The largest absolute Gasteiger partial charge is 0.479 e. The van der Waals surface area contributed by atoms with Crippen LogP contribution in [0.25, 0.3) is 21.6 Å². The summed E-state index contributed by atoms with van der Waals surface area (Å²) >= 11 is 5.88. The number of carbonyl (C=O) groups is 1. The van der Waals surface area contributed by atoms with E-state index in [2.05, 4.69) is 25.0 Å². The molecule has 0 radical (unpaired) electrons. The number of fused-ring (bicyclic) bond motifs is 1. The van der Waals surface area contributed by atoms with Gasteiger partial charge in [-0.25, -0.2) is 19.7 Å². The lowest BCUT2D eigenvalue weighted by Crippen LogP contribution is -2.34. The molecule has 3 rings (SSSR count). The number of ether oxygens (including phenoxy) is 1. The van der Waals surface area contributed by atoms with Crippen molar-refractivity contribution < 1.29 is 19.7 Å². The standard InChI is InChI=1S/C10H8ClN7O4/c11-7-4-8(14-1-13-7)18(2-15-4)9-5(19)3(16-17-12)6(22-9)10(20)21/h1-3,5-6,9,19H,(H,20,21)/t3-,5+,6-,9+/m0/s1. The van der Waals surface area contributed by atoms with Crippen molar-refractivity contribution in [3.63, 3.8) is 0 Å². The van der Waals surface area contributed by atoms with E-state index >= 15 is 0 Å². The third kappa shape index (κ3) is 2.12. The summed E-state index contributed by atoms with van der Waals surface area (Å²) in [7, 11) is 0. The van der Waals surface area contributed by atoms with Gasteiger partial charge in [-0.1, -0.05) is 16.7 Å². The van der Waals surface area contributed by atoms with Crippen molar-refractivity contribution in [2.45, 2.75) is 24.5 Å². The van der Waals surface area contributed by atoms with Gasteiger partial charge in [0.25, 0.3) is 0 Å². The molecule has 0 spiro atoms. The molecule has 11 nitrogen and oxygen atoms in total. The molecule has 12 heteroatoms. The van der Waals surface area contributed by atoms with E-state index in [0.717, 1.165) is 0 Å². The first-order valence-electron chi connectivity index (χ1n) is 5.98. The Bertz CT molecular complexity index is 789. The number of azide groups is 1. The SMILES string of the molecule is [N-]=[N+]=N[C@H]1[C@@H](O)[C@H](n2cnc3c(Cl)ncnc32)O[C@@H]1C(=O)O. The van der Waals surface area contributed by atoms with Crippen molar-refractivity contribution in [3.05, 3.63) is 28.3 Å². The zero-order valence-electron chi connectivity index (χ0n) is 10.7. The van der Waals surface area contributed by atoms with Crippen LogP contribution < -0.4 is 0 Å². The summed E-state index contributed by atoms with van der Waals surface area (Å²) in [5.41, 5.74) is 9.05. The number of halogens is 1. The summed E-state index contributed by atoms with van der Waals surface area (Å²) in [5, 5.41) is 22.7. The summed E-state index contributed by atoms with van der Waals surface area (Å²) in [5.74, 6) is -1.35. The predicted octanol–water partition coefficient (Wildman–Crippen LogP) is 0.501. The van der Waals surface area contributed by atoms with E-state index < -0.39 is 30.4 Å². The van der Waals surface area contributed by atoms with Gasteiger partial charge in [0.2, 0.25) is 0 Å². The van der Waals surface area contributed by atoms with Crippen molar-refractivity contribution in [2.75, 3.05) is 0 Å². The predicted molar refractivity (Wildman–Crippen MR) is 70.8 cm³/mol. The van der Waals surface area contributed by atoms with Crippen molar-refractivity contribution in [1.82, 2.24) is 19.5 Å². The highest BCUT2D eigenvalue weighted by molar-refractivity contribution is 6.33. The van der Waals surface area contributed by atoms with Crippen molar-refractivity contribution in [2.24, 2.45) is 5.11 Å². The normalized spacial score (nSPS) is 27.7.